The minimum absolute atomic E-state index is 0.121. The number of rotatable bonds is 16. The minimum Gasteiger partial charge on any atom is -0.462 e. The molecule has 1 aromatic rings. The van der Waals surface area contributed by atoms with Crippen molar-refractivity contribution in [1.29, 1.82) is 0 Å². The molecule has 0 aromatic heterocycles. The van der Waals surface area contributed by atoms with Gasteiger partial charge in [-0.2, -0.15) is 0 Å². The summed E-state index contributed by atoms with van der Waals surface area (Å²) in [6, 6.07) is 5.53. The SMILES string of the molecule is C=C(C)C(=O)OCCCC(O)COC(=O)c1ccc(C(=O)OCC(O)CCCOC(=O)C(=C)C)cc1. The molecule has 0 saturated carbocycles. The molecule has 1 aromatic carbocycles. The molecule has 2 N–H and O–H groups in total. The Morgan fingerprint density at radius 2 is 1.03 bits per heavy atom. The van der Waals surface area contributed by atoms with Crippen LogP contribution in [0.2, 0.25) is 0 Å². The van der Waals surface area contributed by atoms with Crippen LogP contribution in [0.1, 0.15) is 60.2 Å². The number of hydrogen-bond acceptors (Lipinski definition) is 10. The number of benzene rings is 1. The minimum atomic E-state index is -0.920. The van der Waals surface area contributed by atoms with Gasteiger partial charge in [0.25, 0.3) is 0 Å². The third-order valence-corrected chi connectivity index (χ3v) is 4.70. The van der Waals surface area contributed by atoms with E-state index in [9.17, 15) is 29.4 Å². The van der Waals surface area contributed by atoms with E-state index in [-0.39, 0.29) is 61.5 Å². The summed E-state index contributed by atoms with van der Waals surface area (Å²) in [5.74, 6) is -2.35. The number of ether oxygens (including phenoxy) is 4. The Balaban J connectivity index is 2.32. The Labute approximate surface area is 210 Å². The molecule has 2 unspecified atom stereocenters. The van der Waals surface area contributed by atoms with Gasteiger partial charge in [0.15, 0.2) is 0 Å². The van der Waals surface area contributed by atoms with Crippen molar-refractivity contribution >= 4 is 23.9 Å². The predicted octanol–water partition coefficient (Wildman–Crippen LogP) is 2.52. The van der Waals surface area contributed by atoms with E-state index < -0.39 is 36.1 Å². The van der Waals surface area contributed by atoms with Gasteiger partial charge in [0.05, 0.1) is 36.5 Å². The highest BCUT2D eigenvalue weighted by Gasteiger charge is 2.15. The third-order valence-electron chi connectivity index (χ3n) is 4.70. The lowest BCUT2D eigenvalue weighted by Crippen LogP contribution is -2.20. The van der Waals surface area contributed by atoms with Crippen LogP contribution in [0.3, 0.4) is 0 Å². The topological polar surface area (TPSA) is 146 Å². The quantitative estimate of drug-likeness (QED) is 0.148. The zero-order valence-electron chi connectivity index (χ0n) is 20.7. The van der Waals surface area contributed by atoms with Gasteiger partial charge in [0.1, 0.15) is 13.2 Å². The number of aliphatic hydroxyl groups is 2. The molecule has 10 heteroatoms. The fraction of sp³-hybridized carbons (Fsp3) is 0.462. The highest BCUT2D eigenvalue weighted by atomic mass is 16.6. The lowest BCUT2D eigenvalue weighted by atomic mass is 10.1. The summed E-state index contributed by atoms with van der Waals surface area (Å²) < 4.78 is 20.0. The van der Waals surface area contributed by atoms with Crippen LogP contribution in [0.15, 0.2) is 48.6 Å². The first-order valence-electron chi connectivity index (χ1n) is 11.5. The third kappa shape index (κ3) is 12.3. The summed E-state index contributed by atoms with van der Waals surface area (Å²) in [6.45, 7) is 9.78. The highest BCUT2D eigenvalue weighted by Crippen LogP contribution is 2.10. The molecule has 0 heterocycles. The fourth-order valence-corrected chi connectivity index (χ4v) is 2.63. The Bertz CT molecular complexity index is 844. The molecule has 0 radical (unpaired) electrons. The second-order valence-corrected chi connectivity index (χ2v) is 8.20. The molecule has 0 amide bonds. The second-order valence-electron chi connectivity index (χ2n) is 8.20. The molecule has 2 atom stereocenters. The molecule has 0 bridgehead atoms. The van der Waals surface area contributed by atoms with Gasteiger partial charge < -0.3 is 29.2 Å². The van der Waals surface area contributed by atoms with Crippen LogP contribution in [0, 0.1) is 0 Å². The molecule has 0 saturated heterocycles. The number of hydrogen-bond donors (Lipinski definition) is 2. The van der Waals surface area contributed by atoms with Crippen molar-refractivity contribution in [3.63, 3.8) is 0 Å². The van der Waals surface area contributed by atoms with Gasteiger partial charge in [0.2, 0.25) is 0 Å². The van der Waals surface area contributed by atoms with Crippen LogP contribution in [0.25, 0.3) is 0 Å². The number of aliphatic hydroxyl groups excluding tert-OH is 2. The molecule has 198 valence electrons. The second kappa shape index (κ2) is 16.2. The van der Waals surface area contributed by atoms with Crippen molar-refractivity contribution in [2.75, 3.05) is 26.4 Å². The van der Waals surface area contributed by atoms with Gasteiger partial charge in [-0.1, -0.05) is 13.2 Å². The molecule has 0 aliphatic rings. The Hall–Kier alpha value is -3.50. The van der Waals surface area contributed by atoms with Crippen LogP contribution in [0.5, 0.6) is 0 Å². The molecule has 0 fully saturated rings. The van der Waals surface area contributed by atoms with Crippen LogP contribution < -0.4 is 0 Å². The summed E-state index contributed by atoms with van der Waals surface area (Å²) in [6.07, 6.45) is -0.509. The Morgan fingerprint density at radius 3 is 1.33 bits per heavy atom. The van der Waals surface area contributed by atoms with Crippen molar-refractivity contribution in [2.24, 2.45) is 0 Å². The molecule has 0 aliphatic heterocycles. The molecule has 1 rings (SSSR count). The van der Waals surface area contributed by atoms with Crippen LogP contribution >= 0.6 is 0 Å². The Morgan fingerprint density at radius 1 is 0.694 bits per heavy atom. The van der Waals surface area contributed by atoms with E-state index in [1.54, 1.807) is 0 Å². The largest absolute Gasteiger partial charge is 0.462 e. The van der Waals surface area contributed by atoms with Gasteiger partial charge in [-0.3, -0.25) is 0 Å². The highest BCUT2D eigenvalue weighted by molar-refractivity contribution is 5.93. The maximum Gasteiger partial charge on any atom is 0.338 e. The first-order valence-corrected chi connectivity index (χ1v) is 11.5. The molecule has 0 aliphatic carbocycles. The van der Waals surface area contributed by atoms with Crippen molar-refractivity contribution in [3.05, 3.63) is 59.7 Å². The van der Waals surface area contributed by atoms with E-state index in [0.29, 0.717) is 12.8 Å². The van der Waals surface area contributed by atoms with Crippen LogP contribution in [-0.4, -0.2) is 72.7 Å². The fourth-order valence-electron chi connectivity index (χ4n) is 2.63. The van der Waals surface area contributed by atoms with Crippen molar-refractivity contribution in [2.45, 2.75) is 51.7 Å². The number of carbonyl (C=O) groups is 4. The first-order chi connectivity index (χ1) is 17.0. The van der Waals surface area contributed by atoms with E-state index in [4.69, 9.17) is 18.9 Å². The summed E-state index contributed by atoms with van der Waals surface area (Å²) in [5, 5.41) is 19.8. The van der Waals surface area contributed by atoms with E-state index in [2.05, 4.69) is 13.2 Å². The molecule has 36 heavy (non-hydrogen) atoms. The molecule has 0 spiro atoms. The van der Waals surface area contributed by atoms with Gasteiger partial charge in [-0.15, -0.1) is 0 Å². The van der Waals surface area contributed by atoms with Crippen molar-refractivity contribution in [3.8, 4) is 0 Å². The van der Waals surface area contributed by atoms with Gasteiger partial charge >= 0.3 is 23.9 Å². The van der Waals surface area contributed by atoms with E-state index in [1.807, 2.05) is 0 Å². The average molecular weight is 507 g/mol. The van der Waals surface area contributed by atoms with Crippen molar-refractivity contribution in [1.82, 2.24) is 0 Å². The standard InChI is InChI=1S/C26H34O10/c1-17(2)23(29)33-13-5-7-21(27)15-35-25(31)19-9-11-20(12-10-19)26(32)36-16-22(28)8-6-14-34-24(30)18(3)4/h9-12,21-22,27-28H,1,3,5-8,13-16H2,2,4H3. The summed E-state index contributed by atoms with van der Waals surface area (Å²) in [4.78, 5) is 46.8. The summed E-state index contributed by atoms with van der Waals surface area (Å²) in [5.41, 5.74) is 0.936. The Kier molecular flexibility index (Phi) is 13.8. The summed E-state index contributed by atoms with van der Waals surface area (Å²) in [7, 11) is 0. The van der Waals surface area contributed by atoms with E-state index in [0.717, 1.165) is 0 Å². The smallest absolute Gasteiger partial charge is 0.338 e. The average Bonchev–Trinajstić information content (AvgIpc) is 2.85. The molecule has 10 nitrogen and oxygen atoms in total. The monoisotopic (exact) mass is 506 g/mol. The maximum absolute atomic E-state index is 12.1. The van der Waals surface area contributed by atoms with Gasteiger partial charge in [0, 0.05) is 11.1 Å². The van der Waals surface area contributed by atoms with E-state index in [1.165, 1.54) is 38.1 Å². The van der Waals surface area contributed by atoms with Gasteiger partial charge in [-0.25, -0.2) is 19.2 Å². The lowest BCUT2D eigenvalue weighted by molar-refractivity contribution is -0.140. The summed E-state index contributed by atoms with van der Waals surface area (Å²) >= 11 is 0. The zero-order valence-corrected chi connectivity index (χ0v) is 20.7. The normalized spacial score (nSPS) is 12.1. The van der Waals surface area contributed by atoms with Crippen LogP contribution in [0.4, 0.5) is 0 Å². The predicted molar refractivity (Wildman–Crippen MR) is 129 cm³/mol. The zero-order chi connectivity index (χ0) is 27.1. The van der Waals surface area contributed by atoms with Crippen molar-refractivity contribution < 1.29 is 48.3 Å². The molecular weight excluding hydrogens is 472 g/mol. The first kappa shape index (κ1) is 30.5. The van der Waals surface area contributed by atoms with Crippen LogP contribution in [-0.2, 0) is 28.5 Å². The lowest BCUT2D eigenvalue weighted by Gasteiger charge is -2.12. The van der Waals surface area contributed by atoms with E-state index >= 15 is 0 Å². The van der Waals surface area contributed by atoms with Gasteiger partial charge in [-0.05, 0) is 63.8 Å². The maximum atomic E-state index is 12.1. The molecular formula is C26H34O10. The number of esters is 4. The number of carbonyl (C=O) groups excluding carboxylic acids is 4.